The Bertz CT molecular complexity index is 872. The lowest BCUT2D eigenvalue weighted by Gasteiger charge is -2.36. The number of nitrogens with zero attached hydrogens (tertiary/aromatic N) is 2. The van der Waals surface area contributed by atoms with E-state index in [0.29, 0.717) is 30.2 Å². The molecule has 0 aromatic heterocycles. The number of piperazine rings is 1. The average molecular weight is 437 g/mol. The maximum absolute atomic E-state index is 13.0. The van der Waals surface area contributed by atoms with Crippen molar-refractivity contribution < 1.29 is 31.1 Å². The fourth-order valence-corrected chi connectivity index (χ4v) is 3.37. The number of amides is 1. The third kappa shape index (κ3) is 4.77. The van der Waals surface area contributed by atoms with Crippen molar-refractivity contribution >= 4 is 23.2 Å². The molecule has 156 valence electrons. The lowest BCUT2D eigenvalue weighted by atomic mass is 10.0. The van der Waals surface area contributed by atoms with Gasteiger partial charge in [0.25, 0.3) is 5.91 Å². The summed E-state index contributed by atoms with van der Waals surface area (Å²) >= 11 is 6.14. The highest BCUT2D eigenvalue weighted by Gasteiger charge is 2.38. The van der Waals surface area contributed by atoms with Gasteiger partial charge in [-0.05, 0) is 30.3 Å². The SMILES string of the molecule is O=C(c1cc(C(F)(F)F)cc(C(F)(F)F)c1)N1CCN(c2ccccc2Cl)CC1. The highest BCUT2D eigenvalue weighted by atomic mass is 35.5. The molecule has 29 heavy (non-hydrogen) atoms. The largest absolute Gasteiger partial charge is 0.416 e. The fourth-order valence-electron chi connectivity index (χ4n) is 3.12. The van der Waals surface area contributed by atoms with E-state index >= 15 is 0 Å². The van der Waals surface area contributed by atoms with Gasteiger partial charge in [0.15, 0.2) is 0 Å². The Hall–Kier alpha value is -2.42. The first-order valence-electron chi connectivity index (χ1n) is 8.55. The van der Waals surface area contributed by atoms with Gasteiger partial charge in [-0.2, -0.15) is 26.3 Å². The number of halogens is 7. The molecule has 0 spiro atoms. The van der Waals surface area contributed by atoms with Crippen LogP contribution < -0.4 is 4.90 Å². The van der Waals surface area contributed by atoms with E-state index < -0.39 is 35.0 Å². The van der Waals surface area contributed by atoms with Gasteiger partial charge in [-0.3, -0.25) is 4.79 Å². The van der Waals surface area contributed by atoms with Crippen LogP contribution in [-0.4, -0.2) is 37.0 Å². The number of hydrogen-bond donors (Lipinski definition) is 0. The number of carbonyl (C=O) groups excluding carboxylic acids is 1. The van der Waals surface area contributed by atoms with Gasteiger partial charge in [-0.1, -0.05) is 23.7 Å². The van der Waals surface area contributed by atoms with Crippen LogP contribution in [0.15, 0.2) is 42.5 Å². The predicted molar refractivity (Wildman–Crippen MR) is 96.0 cm³/mol. The Morgan fingerprint density at radius 1 is 0.828 bits per heavy atom. The summed E-state index contributed by atoms with van der Waals surface area (Å²) in [4.78, 5) is 15.8. The number of alkyl halides is 6. The van der Waals surface area contributed by atoms with E-state index in [1.54, 1.807) is 24.3 Å². The van der Waals surface area contributed by atoms with Crippen LogP contribution in [0.5, 0.6) is 0 Å². The van der Waals surface area contributed by atoms with Gasteiger partial charge in [0, 0.05) is 31.7 Å². The van der Waals surface area contributed by atoms with Crippen LogP contribution in [0.4, 0.5) is 32.0 Å². The van der Waals surface area contributed by atoms with Crippen molar-refractivity contribution in [1.29, 1.82) is 0 Å². The van der Waals surface area contributed by atoms with Gasteiger partial charge in [-0.25, -0.2) is 0 Å². The predicted octanol–water partition coefficient (Wildman–Crippen LogP) is 5.34. The third-order valence-electron chi connectivity index (χ3n) is 4.59. The normalized spacial score (nSPS) is 15.6. The summed E-state index contributed by atoms with van der Waals surface area (Å²) in [5.74, 6) is -0.875. The van der Waals surface area contributed by atoms with E-state index in [2.05, 4.69) is 0 Å². The molecule has 0 N–H and O–H groups in total. The summed E-state index contributed by atoms with van der Waals surface area (Å²) in [5, 5.41) is 0.514. The van der Waals surface area contributed by atoms with Crippen molar-refractivity contribution in [2.75, 3.05) is 31.1 Å². The monoisotopic (exact) mass is 436 g/mol. The van der Waals surface area contributed by atoms with Crippen LogP contribution in [0, 0.1) is 0 Å². The molecule has 1 amide bonds. The van der Waals surface area contributed by atoms with E-state index in [1.807, 2.05) is 4.90 Å². The Kier molecular flexibility index (Phi) is 5.71. The Balaban J connectivity index is 1.81. The zero-order valence-corrected chi connectivity index (χ0v) is 15.6. The molecule has 1 fully saturated rings. The smallest absolute Gasteiger partial charge is 0.367 e. The van der Waals surface area contributed by atoms with Crippen LogP contribution in [0.25, 0.3) is 0 Å². The average Bonchev–Trinajstić information content (AvgIpc) is 2.66. The zero-order valence-electron chi connectivity index (χ0n) is 14.8. The molecule has 0 radical (unpaired) electrons. The minimum Gasteiger partial charge on any atom is -0.367 e. The molecule has 0 bridgehead atoms. The highest BCUT2D eigenvalue weighted by molar-refractivity contribution is 6.33. The molecule has 2 aromatic carbocycles. The van der Waals surface area contributed by atoms with E-state index in [4.69, 9.17) is 11.6 Å². The summed E-state index contributed by atoms with van der Waals surface area (Å²) < 4.78 is 78.0. The molecule has 10 heteroatoms. The molecule has 0 atom stereocenters. The summed E-state index contributed by atoms with van der Waals surface area (Å²) in [7, 11) is 0. The second-order valence-electron chi connectivity index (χ2n) is 6.53. The van der Waals surface area contributed by atoms with Crippen molar-refractivity contribution in [3.8, 4) is 0 Å². The summed E-state index contributed by atoms with van der Waals surface area (Å²) in [6.07, 6.45) is -10.0. The zero-order chi connectivity index (χ0) is 21.4. The number of hydrogen-bond acceptors (Lipinski definition) is 2. The fraction of sp³-hybridized carbons (Fsp3) is 0.316. The first kappa shape index (κ1) is 21.3. The minimum absolute atomic E-state index is 0.00607. The second kappa shape index (κ2) is 7.78. The first-order valence-corrected chi connectivity index (χ1v) is 8.93. The van der Waals surface area contributed by atoms with Gasteiger partial charge in [0.2, 0.25) is 0 Å². The standard InChI is InChI=1S/C19H15ClF6N2O/c20-15-3-1-2-4-16(15)27-5-7-28(8-6-27)17(29)12-9-13(18(21,22)23)11-14(10-12)19(24,25)26/h1-4,9-11H,5-8H2. The Morgan fingerprint density at radius 2 is 1.34 bits per heavy atom. The lowest BCUT2D eigenvalue weighted by molar-refractivity contribution is -0.143. The summed E-state index contributed by atoms with van der Waals surface area (Å²) in [6.45, 7) is 0.977. The van der Waals surface area contributed by atoms with Gasteiger partial charge < -0.3 is 9.80 Å². The van der Waals surface area contributed by atoms with Gasteiger partial charge in [-0.15, -0.1) is 0 Å². The molecule has 1 heterocycles. The van der Waals surface area contributed by atoms with E-state index in [-0.39, 0.29) is 19.2 Å². The molecule has 0 saturated carbocycles. The Labute approximate surface area is 167 Å². The van der Waals surface area contributed by atoms with Crippen molar-refractivity contribution in [3.05, 3.63) is 64.2 Å². The lowest BCUT2D eigenvalue weighted by Crippen LogP contribution is -2.49. The highest BCUT2D eigenvalue weighted by Crippen LogP contribution is 2.36. The van der Waals surface area contributed by atoms with E-state index in [0.717, 1.165) is 5.69 Å². The number of carbonyl (C=O) groups is 1. The van der Waals surface area contributed by atoms with Crippen LogP contribution in [0.1, 0.15) is 21.5 Å². The van der Waals surface area contributed by atoms with Gasteiger partial charge >= 0.3 is 12.4 Å². The number of anilines is 1. The van der Waals surface area contributed by atoms with Crippen molar-refractivity contribution in [1.82, 2.24) is 4.90 Å². The summed E-state index contributed by atoms with van der Waals surface area (Å²) in [6, 6.07) is 7.97. The molecule has 3 rings (SSSR count). The van der Waals surface area contributed by atoms with Crippen molar-refractivity contribution in [3.63, 3.8) is 0 Å². The molecule has 1 saturated heterocycles. The summed E-state index contributed by atoms with van der Waals surface area (Å²) in [5.41, 5.74) is -2.91. The van der Waals surface area contributed by atoms with Crippen LogP contribution in [-0.2, 0) is 12.4 Å². The number of rotatable bonds is 2. The molecular weight excluding hydrogens is 422 g/mol. The molecule has 1 aliphatic rings. The topological polar surface area (TPSA) is 23.6 Å². The molecule has 1 aliphatic heterocycles. The van der Waals surface area contributed by atoms with Gasteiger partial charge in [0.05, 0.1) is 21.8 Å². The van der Waals surface area contributed by atoms with Crippen LogP contribution in [0.2, 0.25) is 5.02 Å². The number of para-hydroxylation sites is 1. The molecule has 0 aliphatic carbocycles. The minimum atomic E-state index is -5.00. The molecule has 0 unspecified atom stereocenters. The van der Waals surface area contributed by atoms with E-state index in [1.165, 1.54) is 4.90 Å². The van der Waals surface area contributed by atoms with Crippen molar-refractivity contribution in [2.45, 2.75) is 12.4 Å². The quantitative estimate of drug-likeness (QED) is 0.593. The second-order valence-corrected chi connectivity index (χ2v) is 6.93. The molecule has 2 aromatic rings. The first-order chi connectivity index (χ1) is 13.5. The third-order valence-corrected chi connectivity index (χ3v) is 4.91. The Morgan fingerprint density at radius 3 is 1.83 bits per heavy atom. The number of benzene rings is 2. The molecule has 3 nitrogen and oxygen atoms in total. The maximum atomic E-state index is 13.0. The van der Waals surface area contributed by atoms with E-state index in [9.17, 15) is 31.1 Å². The van der Waals surface area contributed by atoms with Crippen LogP contribution in [0.3, 0.4) is 0 Å². The molecular formula is C19H15ClF6N2O. The maximum Gasteiger partial charge on any atom is 0.416 e. The van der Waals surface area contributed by atoms with Crippen LogP contribution >= 0.6 is 11.6 Å². The van der Waals surface area contributed by atoms with Gasteiger partial charge in [0.1, 0.15) is 0 Å². The van der Waals surface area contributed by atoms with Crippen molar-refractivity contribution in [2.24, 2.45) is 0 Å².